The van der Waals surface area contributed by atoms with Gasteiger partial charge in [-0.1, -0.05) is 29.8 Å². The van der Waals surface area contributed by atoms with Crippen molar-refractivity contribution < 1.29 is 27.4 Å². The average Bonchev–Trinajstić information content (AvgIpc) is 3.16. The number of alkyl halides is 3. The Hall–Kier alpha value is -4.06. The number of imidazole rings is 1. The summed E-state index contributed by atoms with van der Waals surface area (Å²) in [7, 11) is 1.41. The molecule has 0 aliphatic heterocycles. The van der Waals surface area contributed by atoms with Gasteiger partial charge in [0, 0.05) is 31.1 Å². The molecule has 0 aliphatic rings. The lowest BCUT2D eigenvalue weighted by Gasteiger charge is -2.12. The predicted molar refractivity (Wildman–Crippen MR) is 124 cm³/mol. The van der Waals surface area contributed by atoms with E-state index in [0.29, 0.717) is 16.9 Å². The van der Waals surface area contributed by atoms with E-state index < -0.39 is 23.4 Å². The molecule has 0 atom stereocenters. The minimum Gasteiger partial charge on any atom is -0.425 e. The summed E-state index contributed by atoms with van der Waals surface area (Å²) in [5.41, 5.74) is -0.668. The van der Waals surface area contributed by atoms with Gasteiger partial charge in [-0.15, -0.1) is 13.2 Å². The lowest BCUT2D eigenvalue weighted by atomic mass is 10.2. The molecule has 0 bridgehead atoms. The Labute approximate surface area is 205 Å². The maximum atomic E-state index is 13.3. The molecule has 4 aromatic rings. The molecular formula is C23H18ClF3N4O5. The highest BCUT2D eigenvalue weighted by atomic mass is 35.5. The number of aromatic nitrogens is 4. The number of aryl methyl sites for hydroxylation is 1. The summed E-state index contributed by atoms with van der Waals surface area (Å²) >= 11 is 5.96. The quantitative estimate of drug-likeness (QED) is 0.326. The van der Waals surface area contributed by atoms with Crippen LogP contribution in [0.15, 0.2) is 58.1 Å². The topological polar surface area (TPSA) is 97.4 Å². The van der Waals surface area contributed by atoms with Gasteiger partial charge in [-0.3, -0.25) is 18.5 Å². The number of fused-ring (bicyclic) bond motifs is 1. The molecule has 2 aromatic heterocycles. The summed E-state index contributed by atoms with van der Waals surface area (Å²) in [5.74, 6) is -0.556. The zero-order valence-corrected chi connectivity index (χ0v) is 19.4. The first-order valence-electron chi connectivity index (χ1n) is 10.5. The molecular weight excluding hydrogens is 505 g/mol. The molecule has 0 unspecified atom stereocenters. The SMILES string of the molecule is Cn1c(=O)n(CCC=O)c(=O)c2c1nc(Oc1cccc(OC(F)(F)F)c1)n2Cc1ccc(Cl)cc1. The molecule has 0 spiro atoms. The van der Waals surface area contributed by atoms with Crippen molar-refractivity contribution in [2.75, 3.05) is 0 Å². The number of halogens is 4. The minimum atomic E-state index is -4.90. The van der Waals surface area contributed by atoms with E-state index in [-0.39, 0.29) is 42.4 Å². The molecule has 4 rings (SSSR count). The van der Waals surface area contributed by atoms with Crippen LogP contribution < -0.4 is 20.7 Å². The Morgan fingerprint density at radius 3 is 2.42 bits per heavy atom. The third kappa shape index (κ3) is 5.28. The minimum absolute atomic E-state index is 0.000914. The number of carbonyl (C=O) groups excluding carboxylic acids is 1. The zero-order valence-electron chi connectivity index (χ0n) is 18.7. The van der Waals surface area contributed by atoms with Gasteiger partial charge in [-0.2, -0.15) is 4.98 Å². The summed E-state index contributed by atoms with van der Waals surface area (Å²) in [6.45, 7) is -0.0764. The molecule has 0 saturated heterocycles. The molecule has 36 heavy (non-hydrogen) atoms. The van der Waals surface area contributed by atoms with Crippen molar-refractivity contribution in [3.05, 3.63) is 80.0 Å². The predicted octanol–water partition coefficient (Wildman–Crippen LogP) is 3.88. The van der Waals surface area contributed by atoms with Gasteiger partial charge in [0.2, 0.25) is 0 Å². The van der Waals surface area contributed by atoms with Crippen molar-refractivity contribution in [3.63, 3.8) is 0 Å². The van der Waals surface area contributed by atoms with Crippen LogP contribution >= 0.6 is 11.6 Å². The second-order valence-corrected chi connectivity index (χ2v) is 8.09. The molecule has 2 aromatic carbocycles. The van der Waals surface area contributed by atoms with Crippen LogP contribution in [-0.4, -0.2) is 31.3 Å². The van der Waals surface area contributed by atoms with Gasteiger partial charge >= 0.3 is 18.1 Å². The Morgan fingerprint density at radius 1 is 1.06 bits per heavy atom. The number of nitrogens with zero attached hydrogens (tertiary/aromatic N) is 4. The number of benzene rings is 2. The fourth-order valence-electron chi connectivity index (χ4n) is 3.57. The second-order valence-electron chi connectivity index (χ2n) is 7.66. The lowest BCUT2D eigenvalue weighted by Crippen LogP contribution is -2.39. The van der Waals surface area contributed by atoms with Gasteiger partial charge in [0.15, 0.2) is 11.2 Å². The largest absolute Gasteiger partial charge is 0.573 e. The number of carbonyl (C=O) groups is 1. The van der Waals surface area contributed by atoms with Gasteiger partial charge in [0.05, 0.1) is 6.54 Å². The van der Waals surface area contributed by atoms with Crippen LogP contribution in [0.25, 0.3) is 11.2 Å². The average molecular weight is 523 g/mol. The van der Waals surface area contributed by atoms with Gasteiger partial charge < -0.3 is 14.3 Å². The van der Waals surface area contributed by atoms with E-state index in [1.165, 1.54) is 23.7 Å². The fourth-order valence-corrected chi connectivity index (χ4v) is 3.69. The van der Waals surface area contributed by atoms with E-state index in [0.717, 1.165) is 21.3 Å². The number of hydrogen-bond acceptors (Lipinski definition) is 6. The molecule has 0 N–H and O–H groups in total. The summed E-state index contributed by atoms with van der Waals surface area (Å²) in [4.78, 5) is 41.2. The molecule has 0 amide bonds. The number of ether oxygens (including phenoxy) is 2. The van der Waals surface area contributed by atoms with E-state index in [1.54, 1.807) is 24.3 Å². The molecule has 13 heteroatoms. The summed E-state index contributed by atoms with van der Waals surface area (Å²) in [6.07, 6.45) is -4.36. The third-order valence-electron chi connectivity index (χ3n) is 5.17. The molecule has 0 fully saturated rings. The van der Waals surface area contributed by atoms with Gasteiger partial charge in [0.25, 0.3) is 5.56 Å². The van der Waals surface area contributed by atoms with Crippen molar-refractivity contribution in [3.8, 4) is 17.5 Å². The number of hydrogen-bond donors (Lipinski definition) is 0. The molecule has 2 heterocycles. The summed E-state index contributed by atoms with van der Waals surface area (Å²) in [5, 5.41) is 0.491. The standard InChI is InChI=1S/C23H18ClF3N4O5/c1-29-19-18(20(33)30(22(29)34)10-3-11-32)31(13-14-6-8-15(24)9-7-14)21(28-19)35-16-4-2-5-17(12-16)36-23(25,26)27/h2,4-9,11-12H,3,10,13H2,1H3. The lowest BCUT2D eigenvalue weighted by molar-refractivity contribution is -0.274. The van der Waals surface area contributed by atoms with E-state index >= 15 is 0 Å². The van der Waals surface area contributed by atoms with Crippen LogP contribution in [0.2, 0.25) is 5.02 Å². The highest BCUT2D eigenvalue weighted by Crippen LogP contribution is 2.30. The number of aldehydes is 1. The first-order chi connectivity index (χ1) is 17.1. The molecule has 9 nitrogen and oxygen atoms in total. The number of rotatable bonds is 8. The van der Waals surface area contributed by atoms with Crippen molar-refractivity contribution >= 4 is 29.1 Å². The van der Waals surface area contributed by atoms with E-state index in [1.807, 2.05) is 0 Å². The van der Waals surface area contributed by atoms with Crippen LogP contribution in [-0.2, 0) is 24.9 Å². The van der Waals surface area contributed by atoms with E-state index in [4.69, 9.17) is 16.3 Å². The highest BCUT2D eigenvalue weighted by molar-refractivity contribution is 6.30. The summed E-state index contributed by atoms with van der Waals surface area (Å²) < 4.78 is 51.1. The second kappa shape index (κ2) is 9.90. The van der Waals surface area contributed by atoms with Gasteiger partial charge in [0.1, 0.15) is 17.8 Å². The Kier molecular flexibility index (Phi) is 6.88. The maximum absolute atomic E-state index is 13.3. The van der Waals surface area contributed by atoms with Crippen molar-refractivity contribution in [2.24, 2.45) is 7.05 Å². The summed E-state index contributed by atoms with van der Waals surface area (Å²) in [6, 6.07) is 11.4. The normalized spacial score (nSPS) is 11.6. The highest BCUT2D eigenvalue weighted by Gasteiger charge is 2.31. The third-order valence-corrected chi connectivity index (χ3v) is 5.42. The van der Waals surface area contributed by atoms with Crippen molar-refractivity contribution in [1.82, 2.24) is 18.7 Å². The van der Waals surface area contributed by atoms with E-state index in [2.05, 4.69) is 9.72 Å². The first-order valence-corrected chi connectivity index (χ1v) is 10.9. The van der Waals surface area contributed by atoms with Crippen LogP contribution in [0.3, 0.4) is 0 Å². The monoisotopic (exact) mass is 522 g/mol. The van der Waals surface area contributed by atoms with E-state index in [9.17, 15) is 27.6 Å². The van der Waals surface area contributed by atoms with Crippen molar-refractivity contribution in [2.45, 2.75) is 25.9 Å². The molecule has 188 valence electrons. The van der Waals surface area contributed by atoms with Crippen LogP contribution in [0.5, 0.6) is 17.5 Å². The fraction of sp³-hybridized carbons (Fsp3) is 0.217. The van der Waals surface area contributed by atoms with Gasteiger partial charge in [-0.05, 0) is 29.8 Å². The van der Waals surface area contributed by atoms with Crippen LogP contribution in [0.4, 0.5) is 13.2 Å². The Morgan fingerprint density at radius 2 is 1.75 bits per heavy atom. The smallest absolute Gasteiger partial charge is 0.425 e. The maximum Gasteiger partial charge on any atom is 0.573 e. The molecule has 0 aliphatic carbocycles. The molecule has 0 radical (unpaired) electrons. The molecule has 0 saturated carbocycles. The van der Waals surface area contributed by atoms with Crippen molar-refractivity contribution in [1.29, 1.82) is 0 Å². The Bertz CT molecular complexity index is 1540. The van der Waals surface area contributed by atoms with Crippen LogP contribution in [0.1, 0.15) is 12.0 Å². The zero-order chi connectivity index (χ0) is 26.0. The first kappa shape index (κ1) is 25.0. The Balaban J connectivity index is 1.88. The van der Waals surface area contributed by atoms with Crippen LogP contribution in [0, 0.1) is 0 Å². The van der Waals surface area contributed by atoms with Gasteiger partial charge in [-0.25, -0.2) is 4.79 Å².